The molecule has 2 fully saturated rings. The summed E-state index contributed by atoms with van der Waals surface area (Å²) in [6.07, 6.45) is 18.5. The quantitative estimate of drug-likeness (QED) is 0.148. The van der Waals surface area contributed by atoms with E-state index in [0.29, 0.717) is 44.5 Å². The Labute approximate surface area is 848 Å². The highest BCUT2D eigenvalue weighted by atomic mass is 16.3. The van der Waals surface area contributed by atoms with Crippen molar-refractivity contribution in [3.8, 4) is 56.3 Å². The number of furan rings is 5. The second-order valence-electron chi connectivity index (χ2n) is 39.3. The van der Waals surface area contributed by atoms with Crippen LogP contribution in [-0.2, 0) is 35.2 Å². The summed E-state index contributed by atoms with van der Waals surface area (Å²) in [5, 5.41) is 20.6. The van der Waals surface area contributed by atoms with Crippen molar-refractivity contribution in [2.75, 3.05) is 0 Å². The lowest BCUT2D eigenvalue weighted by Gasteiger charge is -2.22. The number of aryl methyl sites for hydroxylation is 16. The van der Waals surface area contributed by atoms with Crippen molar-refractivity contribution in [2.45, 2.75) is 145 Å². The molecule has 0 radical (unpaired) electrons. The third-order valence-electron chi connectivity index (χ3n) is 29.7. The predicted octanol–water partition coefficient (Wildman–Crippen LogP) is 33.3. The van der Waals surface area contributed by atoms with Gasteiger partial charge in [-0.25, -0.2) is 0 Å². The lowest BCUT2D eigenvalue weighted by molar-refractivity contribution is -0.659. The van der Waals surface area contributed by atoms with Crippen LogP contribution >= 0.6 is 0 Å². The van der Waals surface area contributed by atoms with Crippen molar-refractivity contribution in [1.82, 2.24) is 0 Å². The van der Waals surface area contributed by atoms with Gasteiger partial charge >= 0.3 is 0 Å². The average Bonchev–Trinajstić information content (AvgIpc) is 1.56. The zero-order chi connectivity index (χ0) is 109. The van der Waals surface area contributed by atoms with E-state index in [1.165, 1.54) is 110 Å². The van der Waals surface area contributed by atoms with Crippen LogP contribution in [-0.4, -0.2) is 0 Å². The standard InChI is InChI=1S/C31H32NO.C30H30NO.2C24H20NO.C23H18NO/c1-19-10-13-25(20(2)16-19)29-31-28(21(3)18-32(29)4)27-15-12-24-17-23(22-8-6-5-7-9-22)11-14-26(24)30(27)33-31;1-18-9-12-24(19(2)15-18)28-30-27(20(3)17-31(28)4)26-14-11-23-16-22(21-7-5-6-8-21)10-13-25(23)29(26)32-30;2*1-15-8-9-17-14-22-21(13-18(17)12-15)20-10-11-25(3)23(24(20)26-22)19-7-5-4-6-16(19)2;1-15-7-3-6-10-18(15)22-23-19(11-12-24(22)2)20-13-16-8-4-5-9-17(16)14-21(20)25-23/h10-18,22H,5-9H2,1-4H3;9-17,21H,5-8H2,1-4H3;2*4-14H,1-3H3;3-14H,1-2H3/q5*+1/i1D3,3D3,22D;1D3,3D3,21D;;;. The maximum absolute atomic E-state index is 9.08. The number of aromatic nitrogens is 5. The van der Waals surface area contributed by atoms with Gasteiger partial charge < -0.3 is 22.1 Å². The van der Waals surface area contributed by atoms with E-state index in [9.17, 15) is 0 Å². The van der Waals surface area contributed by atoms with Gasteiger partial charge in [0.1, 0.15) is 63.2 Å². The SMILES string of the molecule is Cc1ccc2cc3oc4c(-c5ccccc5C)[n+](C)ccc4c3cc2c1.Cc1ccc2cc3oc4c(-c5ccccc5C)[n+](C)ccc4c3cc2c1.Cc1ccccc1-c1c2oc3cc4ccccc4cc3c2cc[n+]1C.[2H]C([2H])([2H])c1ccc(-c2c3oc4c5ccc(C6([2H])CCCC6)cc5ccc4c3c(C([2H])([2H])[2H])c[n+]2C)c(C)c1.[2H]C([2H])([2H])c1ccc(-c2c3oc4c5ccc(C6([2H])CCCCC6)cc5ccc4c3c(C([2H])([2H])[2H])c[n+]2C)c(C)c1. The van der Waals surface area contributed by atoms with Gasteiger partial charge in [-0.1, -0.05) is 242 Å². The molecule has 698 valence electrons. The molecule has 2 saturated carbocycles. The summed E-state index contributed by atoms with van der Waals surface area (Å²) >= 11 is 0. The van der Waals surface area contributed by atoms with Gasteiger partial charge in [-0.2, -0.15) is 22.8 Å². The van der Waals surface area contributed by atoms with E-state index in [0.717, 1.165) is 173 Å². The summed E-state index contributed by atoms with van der Waals surface area (Å²) in [5.41, 5.74) is 28.4. The Bertz CT molecular complexity index is 9900. The zero-order valence-electron chi connectivity index (χ0n) is 96.2. The molecule has 10 aromatic heterocycles. The van der Waals surface area contributed by atoms with E-state index in [1.807, 2.05) is 62.4 Å². The summed E-state index contributed by atoms with van der Waals surface area (Å²) in [7, 11) is 9.80. The molecule has 0 N–H and O–H groups in total. The number of pyridine rings is 5. The molecule has 0 spiro atoms. The molecule has 2 aliphatic rings. The molecule has 0 unspecified atom stereocenters. The fourth-order valence-corrected chi connectivity index (χ4v) is 22.4. The Kier molecular flexibility index (Phi) is 19.4. The van der Waals surface area contributed by atoms with Gasteiger partial charge in [-0.15, -0.1) is 0 Å². The second-order valence-corrected chi connectivity index (χ2v) is 39.3. The minimum absolute atomic E-state index is 0.200. The summed E-state index contributed by atoms with van der Waals surface area (Å²) in [6.45, 7) is 5.22. The molecule has 0 bridgehead atoms. The molecule has 10 heteroatoms. The number of benzene rings is 15. The van der Waals surface area contributed by atoms with Crippen molar-refractivity contribution in [3.05, 3.63) is 388 Å². The van der Waals surface area contributed by atoms with Crippen molar-refractivity contribution in [3.63, 3.8) is 0 Å². The number of hydrogen-bond donors (Lipinski definition) is 0. The second kappa shape index (κ2) is 36.5. The first kappa shape index (κ1) is 75.3. The molecule has 2 aliphatic carbocycles. The van der Waals surface area contributed by atoms with Gasteiger partial charge in [-0.05, 0) is 274 Å². The lowest BCUT2D eigenvalue weighted by Crippen LogP contribution is -2.31. The van der Waals surface area contributed by atoms with Crippen LogP contribution in [0.5, 0.6) is 0 Å². The Morgan fingerprint density at radius 3 is 0.944 bits per heavy atom. The first-order chi connectivity index (χ1) is 74.5. The molecule has 27 rings (SSSR count). The van der Waals surface area contributed by atoms with Crippen molar-refractivity contribution >= 4 is 164 Å². The van der Waals surface area contributed by atoms with E-state index >= 15 is 0 Å². The van der Waals surface area contributed by atoms with Crippen molar-refractivity contribution < 1.29 is 64.1 Å². The van der Waals surface area contributed by atoms with Crippen LogP contribution in [0.25, 0.3) is 220 Å². The zero-order valence-corrected chi connectivity index (χ0v) is 82.2. The molecule has 10 heterocycles. The maximum atomic E-state index is 9.08. The van der Waals surface area contributed by atoms with E-state index in [-0.39, 0.29) is 22.3 Å². The highest BCUT2D eigenvalue weighted by Gasteiger charge is 2.32. The van der Waals surface area contributed by atoms with Crippen molar-refractivity contribution in [1.29, 1.82) is 0 Å². The maximum Gasteiger partial charge on any atom is 0.256 e. The molecular formula is C132H120N5O5+5. The average molecular weight is 1870 g/mol. The van der Waals surface area contributed by atoms with E-state index in [4.69, 9.17) is 41.3 Å². The molecule has 0 saturated heterocycles. The third-order valence-corrected chi connectivity index (χ3v) is 29.7. The van der Waals surface area contributed by atoms with Gasteiger partial charge in [0.05, 0.1) is 27.8 Å². The summed E-state index contributed by atoms with van der Waals surface area (Å²) in [6, 6.07) is 96.7. The fraction of sp³-hybridized carbons (Fsp3) is 0.205. The third kappa shape index (κ3) is 16.1. The monoisotopic (exact) mass is 1870 g/mol. The van der Waals surface area contributed by atoms with Gasteiger partial charge in [0.2, 0.25) is 27.9 Å². The first-order valence-electron chi connectivity index (χ1n) is 56.3. The summed E-state index contributed by atoms with van der Waals surface area (Å²) < 4.78 is 157. The normalized spacial score (nSPS) is 15.4. The van der Waals surface area contributed by atoms with Crippen LogP contribution in [0.1, 0.15) is 161 Å². The van der Waals surface area contributed by atoms with Crippen LogP contribution in [0.3, 0.4) is 0 Å². The number of fused-ring (bicyclic) bond motifs is 22. The summed E-state index contributed by atoms with van der Waals surface area (Å²) in [4.78, 5) is 0. The van der Waals surface area contributed by atoms with E-state index in [1.54, 1.807) is 72.0 Å². The Morgan fingerprint density at radius 1 is 0.232 bits per heavy atom. The molecule has 142 heavy (non-hydrogen) atoms. The molecule has 0 amide bonds. The topological polar surface area (TPSA) is 85.1 Å². The number of nitrogens with zero attached hydrogens (tertiary/aromatic N) is 5. The fourth-order valence-electron chi connectivity index (χ4n) is 22.4. The molecule has 25 aromatic rings. The number of rotatable bonds is 7. The van der Waals surface area contributed by atoms with Gasteiger partial charge in [0.15, 0.2) is 31.0 Å². The van der Waals surface area contributed by atoms with Gasteiger partial charge in [0, 0.05) is 113 Å². The molecule has 15 aromatic carbocycles. The van der Waals surface area contributed by atoms with Crippen molar-refractivity contribution in [2.24, 2.45) is 35.2 Å². The highest BCUT2D eigenvalue weighted by Crippen LogP contribution is 2.48. The van der Waals surface area contributed by atoms with E-state index in [2.05, 4.69) is 288 Å². The van der Waals surface area contributed by atoms with Crippen LogP contribution < -0.4 is 22.8 Å². The Hall–Kier alpha value is -15.7. The Balaban J connectivity index is 0.000000107. The van der Waals surface area contributed by atoms with E-state index < -0.39 is 39.2 Å². The van der Waals surface area contributed by atoms with Gasteiger partial charge in [-0.3, -0.25) is 0 Å². The molecule has 10 nitrogen and oxygen atoms in total. The van der Waals surface area contributed by atoms with Crippen LogP contribution in [0.15, 0.2) is 338 Å². The largest absolute Gasteiger partial charge is 0.449 e. The number of hydrogen-bond acceptors (Lipinski definition) is 5. The van der Waals surface area contributed by atoms with Crippen LogP contribution in [0.4, 0.5) is 0 Å². The van der Waals surface area contributed by atoms with Gasteiger partial charge in [0.25, 0.3) is 28.5 Å². The smallest absolute Gasteiger partial charge is 0.256 e. The first-order valence-corrected chi connectivity index (χ1v) is 49.3. The highest BCUT2D eigenvalue weighted by molar-refractivity contribution is 6.21. The molecule has 0 atom stereocenters. The van der Waals surface area contributed by atoms with Crippen LogP contribution in [0, 0.1) is 75.9 Å². The predicted molar refractivity (Wildman–Crippen MR) is 588 cm³/mol. The Morgan fingerprint density at radius 2 is 0.563 bits per heavy atom. The molecular weight excluding hydrogens is 1740 g/mol. The summed E-state index contributed by atoms with van der Waals surface area (Å²) in [5.74, 6) is -1.14. The molecule has 0 aliphatic heterocycles. The minimum Gasteiger partial charge on any atom is -0.449 e. The minimum atomic E-state index is -2.37. The van der Waals surface area contributed by atoms with Crippen LogP contribution in [0.2, 0.25) is 0 Å². The lowest BCUT2D eigenvalue weighted by atomic mass is 9.83.